The summed E-state index contributed by atoms with van der Waals surface area (Å²) in [6.45, 7) is 3.13. The molecule has 0 radical (unpaired) electrons. The van der Waals surface area contributed by atoms with Crippen molar-refractivity contribution in [3.63, 3.8) is 0 Å². The van der Waals surface area contributed by atoms with Gasteiger partial charge in [0.1, 0.15) is 9.90 Å². The molecule has 20 heavy (non-hydrogen) atoms. The third-order valence-electron chi connectivity index (χ3n) is 2.51. The monoisotopic (exact) mass is 316 g/mol. The van der Waals surface area contributed by atoms with Crippen molar-refractivity contribution in [1.29, 1.82) is 0 Å². The number of rotatable bonds is 5. The zero-order valence-electron chi connectivity index (χ0n) is 10.7. The van der Waals surface area contributed by atoms with Crippen molar-refractivity contribution in [2.24, 2.45) is 0 Å². The first kappa shape index (κ1) is 14.6. The maximum absolute atomic E-state index is 12.1. The standard InChI is InChI=1S/C10H12N4O4S2/c1-5-9(6(2)14-13-5)20(17,18)11-3-8-12-7(4-19-8)10(15)16/h4,11H,3H2,1-2H3,(H,13,14)(H,15,16). The zero-order chi connectivity index (χ0) is 14.9. The largest absolute Gasteiger partial charge is 0.476 e. The molecule has 2 heterocycles. The average molecular weight is 316 g/mol. The van der Waals surface area contributed by atoms with E-state index in [2.05, 4.69) is 19.9 Å². The Hall–Kier alpha value is -1.78. The molecule has 0 aromatic carbocycles. The molecule has 0 saturated heterocycles. The number of hydrogen-bond acceptors (Lipinski definition) is 6. The fourth-order valence-electron chi connectivity index (χ4n) is 1.66. The molecule has 0 spiro atoms. The number of aryl methyl sites for hydroxylation is 2. The van der Waals surface area contributed by atoms with Crippen LogP contribution in [0.1, 0.15) is 26.9 Å². The van der Waals surface area contributed by atoms with Crippen LogP contribution in [0.4, 0.5) is 0 Å². The van der Waals surface area contributed by atoms with Gasteiger partial charge in [-0.25, -0.2) is 22.9 Å². The summed E-state index contributed by atoms with van der Waals surface area (Å²) in [4.78, 5) is 14.6. The predicted octanol–water partition coefficient (Wildman–Crippen LogP) is 0.660. The average Bonchev–Trinajstić information content (AvgIpc) is 2.94. The van der Waals surface area contributed by atoms with E-state index in [1.807, 2.05) is 0 Å². The van der Waals surface area contributed by atoms with E-state index in [-0.39, 0.29) is 17.1 Å². The van der Waals surface area contributed by atoms with E-state index in [1.165, 1.54) is 5.38 Å². The second-order valence-electron chi connectivity index (χ2n) is 4.02. The molecule has 0 aliphatic carbocycles. The number of hydrogen-bond donors (Lipinski definition) is 3. The molecule has 0 saturated carbocycles. The Bertz CT molecular complexity index is 728. The summed E-state index contributed by atoms with van der Waals surface area (Å²) >= 11 is 1.08. The normalized spacial score (nSPS) is 11.7. The van der Waals surface area contributed by atoms with Crippen LogP contribution in [0.5, 0.6) is 0 Å². The van der Waals surface area contributed by atoms with Crippen LogP contribution in [0.25, 0.3) is 0 Å². The molecule has 0 atom stereocenters. The lowest BCUT2D eigenvalue weighted by atomic mass is 10.4. The number of carbonyl (C=O) groups is 1. The van der Waals surface area contributed by atoms with Crippen LogP contribution >= 0.6 is 11.3 Å². The summed E-state index contributed by atoms with van der Waals surface area (Å²) in [6.07, 6.45) is 0. The molecule has 108 valence electrons. The Kier molecular flexibility index (Phi) is 3.88. The lowest BCUT2D eigenvalue weighted by Gasteiger charge is -2.04. The molecule has 0 aliphatic rings. The highest BCUT2D eigenvalue weighted by atomic mass is 32.2. The Morgan fingerprint density at radius 1 is 1.50 bits per heavy atom. The van der Waals surface area contributed by atoms with Crippen molar-refractivity contribution >= 4 is 27.3 Å². The molecule has 2 rings (SSSR count). The van der Waals surface area contributed by atoms with Crippen LogP contribution in [0.3, 0.4) is 0 Å². The number of aromatic carboxylic acids is 1. The van der Waals surface area contributed by atoms with Crippen LogP contribution in [0.2, 0.25) is 0 Å². The van der Waals surface area contributed by atoms with Gasteiger partial charge in [-0.2, -0.15) is 5.10 Å². The van der Waals surface area contributed by atoms with Crippen molar-refractivity contribution in [2.75, 3.05) is 0 Å². The highest BCUT2D eigenvalue weighted by molar-refractivity contribution is 7.89. The Morgan fingerprint density at radius 2 is 2.20 bits per heavy atom. The van der Waals surface area contributed by atoms with E-state index in [4.69, 9.17) is 5.11 Å². The third-order valence-corrected chi connectivity index (χ3v) is 5.03. The number of carboxylic acid groups (broad SMARTS) is 1. The molecule has 0 fully saturated rings. The number of sulfonamides is 1. The van der Waals surface area contributed by atoms with E-state index in [0.29, 0.717) is 16.4 Å². The van der Waals surface area contributed by atoms with Gasteiger partial charge in [-0.05, 0) is 13.8 Å². The lowest BCUT2D eigenvalue weighted by Crippen LogP contribution is -2.24. The fourth-order valence-corrected chi connectivity index (χ4v) is 3.81. The SMILES string of the molecule is Cc1n[nH]c(C)c1S(=O)(=O)NCc1nc(C(=O)O)cs1. The number of thiazole rings is 1. The maximum Gasteiger partial charge on any atom is 0.355 e. The molecule has 0 bridgehead atoms. The van der Waals surface area contributed by atoms with E-state index in [1.54, 1.807) is 13.8 Å². The summed E-state index contributed by atoms with van der Waals surface area (Å²) in [5, 5.41) is 16.9. The summed E-state index contributed by atoms with van der Waals surface area (Å²) in [7, 11) is -3.71. The first-order valence-corrected chi connectivity index (χ1v) is 7.86. The molecule has 2 aromatic rings. The Morgan fingerprint density at radius 3 is 2.70 bits per heavy atom. The summed E-state index contributed by atoms with van der Waals surface area (Å²) in [5.74, 6) is -1.14. The molecular weight excluding hydrogens is 304 g/mol. The van der Waals surface area contributed by atoms with Crippen molar-refractivity contribution < 1.29 is 18.3 Å². The van der Waals surface area contributed by atoms with Crippen LogP contribution in [0, 0.1) is 13.8 Å². The molecule has 2 aromatic heterocycles. The summed E-state index contributed by atoms with van der Waals surface area (Å²) in [5.41, 5.74) is 0.723. The van der Waals surface area contributed by atoms with Crippen LogP contribution in [-0.4, -0.2) is 34.7 Å². The van der Waals surface area contributed by atoms with Crippen LogP contribution in [0.15, 0.2) is 10.3 Å². The van der Waals surface area contributed by atoms with Gasteiger partial charge in [-0.1, -0.05) is 0 Å². The Labute approximate surface area is 118 Å². The number of aromatic nitrogens is 3. The van der Waals surface area contributed by atoms with Gasteiger partial charge >= 0.3 is 5.97 Å². The van der Waals surface area contributed by atoms with Gasteiger partial charge in [0.05, 0.1) is 17.9 Å². The number of nitrogens with one attached hydrogen (secondary N) is 2. The van der Waals surface area contributed by atoms with Crippen molar-refractivity contribution in [3.8, 4) is 0 Å². The molecule has 8 nitrogen and oxygen atoms in total. The maximum atomic E-state index is 12.1. The van der Waals surface area contributed by atoms with Crippen LogP contribution < -0.4 is 4.72 Å². The topological polar surface area (TPSA) is 125 Å². The number of H-pyrrole nitrogens is 1. The first-order valence-electron chi connectivity index (χ1n) is 5.50. The molecular formula is C10H12N4O4S2. The van der Waals surface area contributed by atoms with Gasteiger partial charge in [0.25, 0.3) is 0 Å². The van der Waals surface area contributed by atoms with Crippen molar-refractivity contribution in [1.82, 2.24) is 19.9 Å². The lowest BCUT2D eigenvalue weighted by molar-refractivity contribution is 0.0691. The minimum absolute atomic E-state index is 0.0651. The quantitative estimate of drug-likeness (QED) is 0.744. The van der Waals surface area contributed by atoms with E-state index < -0.39 is 16.0 Å². The first-order chi connectivity index (χ1) is 9.31. The molecule has 10 heteroatoms. The molecule has 3 N–H and O–H groups in total. The molecule has 0 aliphatic heterocycles. The highest BCUT2D eigenvalue weighted by Gasteiger charge is 2.22. The minimum atomic E-state index is -3.71. The number of carboxylic acids is 1. The van der Waals surface area contributed by atoms with Gasteiger partial charge < -0.3 is 5.11 Å². The molecule has 0 unspecified atom stereocenters. The fraction of sp³-hybridized carbons (Fsp3) is 0.300. The predicted molar refractivity (Wildman–Crippen MR) is 71.2 cm³/mol. The third kappa shape index (κ3) is 2.86. The van der Waals surface area contributed by atoms with Gasteiger partial charge in [0.15, 0.2) is 5.69 Å². The Balaban J connectivity index is 2.15. The highest BCUT2D eigenvalue weighted by Crippen LogP contribution is 2.17. The van der Waals surface area contributed by atoms with Gasteiger partial charge in [0.2, 0.25) is 10.0 Å². The van der Waals surface area contributed by atoms with E-state index in [9.17, 15) is 13.2 Å². The van der Waals surface area contributed by atoms with Crippen molar-refractivity contribution in [3.05, 3.63) is 27.5 Å². The van der Waals surface area contributed by atoms with Crippen LogP contribution in [-0.2, 0) is 16.6 Å². The van der Waals surface area contributed by atoms with Gasteiger partial charge in [-0.15, -0.1) is 11.3 Å². The number of nitrogens with zero attached hydrogens (tertiary/aromatic N) is 2. The van der Waals surface area contributed by atoms with Gasteiger partial charge in [0, 0.05) is 5.38 Å². The smallest absolute Gasteiger partial charge is 0.355 e. The second kappa shape index (κ2) is 5.31. The van der Waals surface area contributed by atoms with E-state index >= 15 is 0 Å². The number of aromatic amines is 1. The van der Waals surface area contributed by atoms with E-state index in [0.717, 1.165) is 11.3 Å². The van der Waals surface area contributed by atoms with Gasteiger partial charge in [-0.3, -0.25) is 5.10 Å². The molecule has 0 amide bonds. The van der Waals surface area contributed by atoms with Crippen molar-refractivity contribution in [2.45, 2.75) is 25.3 Å². The summed E-state index contributed by atoms with van der Waals surface area (Å²) in [6, 6.07) is 0. The summed E-state index contributed by atoms with van der Waals surface area (Å²) < 4.78 is 26.7. The minimum Gasteiger partial charge on any atom is -0.476 e. The zero-order valence-corrected chi connectivity index (χ0v) is 12.3. The second-order valence-corrected chi connectivity index (χ2v) is 6.67.